The first-order valence-electron chi connectivity index (χ1n) is 5.90. The lowest BCUT2D eigenvalue weighted by atomic mass is 10.0. The minimum Gasteiger partial charge on any atom is -0.460 e. The SMILES string of the molecule is CCOC(=O)C(=O)CC(=O)c1ccc(CC)cc1. The molecule has 0 radical (unpaired) electrons. The summed E-state index contributed by atoms with van der Waals surface area (Å²) in [5, 5.41) is 0. The van der Waals surface area contributed by atoms with Gasteiger partial charge in [0.15, 0.2) is 5.78 Å². The Morgan fingerprint density at radius 2 is 1.67 bits per heavy atom. The van der Waals surface area contributed by atoms with Gasteiger partial charge in [0.25, 0.3) is 0 Å². The van der Waals surface area contributed by atoms with Gasteiger partial charge in [0.05, 0.1) is 13.0 Å². The third-order valence-corrected chi connectivity index (χ3v) is 2.51. The van der Waals surface area contributed by atoms with Gasteiger partial charge in [-0.1, -0.05) is 31.2 Å². The molecule has 0 aliphatic rings. The summed E-state index contributed by atoms with van der Waals surface area (Å²) in [5.41, 5.74) is 1.55. The number of carbonyl (C=O) groups is 3. The van der Waals surface area contributed by atoms with E-state index in [2.05, 4.69) is 4.74 Å². The quantitative estimate of drug-likeness (QED) is 0.334. The highest BCUT2D eigenvalue weighted by atomic mass is 16.5. The molecule has 1 rings (SSSR count). The van der Waals surface area contributed by atoms with Gasteiger partial charge in [-0.2, -0.15) is 0 Å². The Hall–Kier alpha value is -1.97. The van der Waals surface area contributed by atoms with Crippen LogP contribution in [-0.4, -0.2) is 24.1 Å². The fraction of sp³-hybridized carbons (Fsp3) is 0.357. The number of ether oxygens (including phenoxy) is 1. The molecule has 0 unspecified atom stereocenters. The van der Waals surface area contributed by atoms with E-state index in [0.717, 1.165) is 12.0 Å². The summed E-state index contributed by atoms with van der Waals surface area (Å²) in [5.74, 6) is -2.12. The minimum absolute atomic E-state index is 0.129. The number of rotatable bonds is 6. The average Bonchev–Trinajstić information content (AvgIpc) is 2.39. The van der Waals surface area contributed by atoms with Gasteiger partial charge < -0.3 is 4.74 Å². The molecule has 0 aliphatic heterocycles. The zero-order valence-electron chi connectivity index (χ0n) is 10.6. The molecule has 0 saturated heterocycles. The number of benzene rings is 1. The molecular weight excluding hydrogens is 232 g/mol. The molecule has 0 saturated carbocycles. The van der Waals surface area contributed by atoms with E-state index in [-0.39, 0.29) is 12.4 Å². The van der Waals surface area contributed by atoms with Gasteiger partial charge in [-0.25, -0.2) is 4.79 Å². The zero-order valence-corrected chi connectivity index (χ0v) is 10.6. The van der Waals surface area contributed by atoms with Crippen molar-refractivity contribution in [3.63, 3.8) is 0 Å². The molecule has 0 N–H and O–H groups in total. The molecule has 0 aromatic heterocycles. The fourth-order valence-electron chi connectivity index (χ4n) is 1.46. The van der Waals surface area contributed by atoms with Crippen LogP contribution in [0.5, 0.6) is 0 Å². The largest absolute Gasteiger partial charge is 0.460 e. The van der Waals surface area contributed by atoms with Crippen molar-refractivity contribution in [1.82, 2.24) is 0 Å². The van der Waals surface area contributed by atoms with Crippen molar-refractivity contribution in [1.29, 1.82) is 0 Å². The maximum atomic E-state index is 11.7. The first-order chi connectivity index (χ1) is 8.58. The lowest BCUT2D eigenvalue weighted by Gasteiger charge is -2.02. The van der Waals surface area contributed by atoms with E-state index in [9.17, 15) is 14.4 Å². The van der Waals surface area contributed by atoms with Crippen molar-refractivity contribution in [2.75, 3.05) is 6.61 Å². The second-order valence-corrected chi connectivity index (χ2v) is 3.79. The van der Waals surface area contributed by atoms with E-state index in [1.165, 1.54) is 0 Å². The zero-order chi connectivity index (χ0) is 13.5. The molecule has 0 fully saturated rings. The Balaban J connectivity index is 2.64. The van der Waals surface area contributed by atoms with E-state index < -0.39 is 18.2 Å². The van der Waals surface area contributed by atoms with Crippen LogP contribution >= 0.6 is 0 Å². The number of carbonyl (C=O) groups excluding carboxylic acids is 3. The number of hydrogen-bond donors (Lipinski definition) is 0. The molecule has 1 aromatic carbocycles. The minimum atomic E-state index is -0.948. The third-order valence-electron chi connectivity index (χ3n) is 2.51. The van der Waals surface area contributed by atoms with Gasteiger partial charge >= 0.3 is 5.97 Å². The summed E-state index contributed by atoms with van der Waals surface area (Å²) in [7, 11) is 0. The normalized spacial score (nSPS) is 9.89. The van der Waals surface area contributed by atoms with Crippen LogP contribution in [0.3, 0.4) is 0 Å². The van der Waals surface area contributed by atoms with Crippen LogP contribution in [0.15, 0.2) is 24.3 Å². The van der Waals surface area contributed by atoms with E-state index in [1.54, 1.807) is 19.1 Å². The Bertz CT molecular complexity index is 445. The maximum absolute atomic E-state index is 11.7. The molecule has 0 bridgehead atoms. The van der Waals surface area contributed by atoms with Gasteiger partial charge in [-0.15, -0.1) is 0 Å². The number of esters is 1. The van der Waals surface area contributed by atoms with E-state index in [0.29, 0.717) is 5.56 Å². The first kappa shape index (κ1) is 14.1. The summed E-state index contributed by atoms with van der Waals surface area (Å²) >= 11 is 0. The molecule has 18 heavy (non-hydrogen) atoms. The highest BCUT2D eigenvalue weighted by Crippen LogP contribution is 2.08. The van der Waals surface area contributed by atoms with Gasteiger partial charge in [0.2, 0.25) is 5.78 Å². The Labute approximate surface area is 106 Å². The Kier molecular flexibility index (Phi) is 5.24. The molecule has 0 amide bonds. The predicted octanol–water partition coefficient (Wildman–Crippen LogP) is 1.95. The van der Waals surface area contributed by atoms with Crippen LogP contribution in [0.25, 0.3) is 0 Å². The van der Waals surface area contributed by atoms with Crippen molar-refractivity contribution < 1.29 is 19.1 Å². The average molecular weight is 248 g/mol. The molecule has 0 aliphatic carbocycles. The standard InChI is InChI=1S/C14H16O4/c1-3-10-5-7-11(8-6-10)12(15)9-13(16)14(17)18-4-2/h5-8H,3-4,9H2,1-2H3. The maximum Gasteiger partial charge on any atom is 0.375 e. The van der Waals surface area contributed by atoms with Gasteiger partial charge in [0, 0.05) is 5.56 Å². The number of Topliss-reactive ketones (excluding diaryl/α,β-unsaturated/α-hetero) is 2. The van der Waals surface area contributed by atoms with E-state index in [4.69, 9.17) is 0 Å². The lowest BCUT2D eigenvalue weighted by Crippen LogP contribution is -2.20. The summed E-state index contributed by atoms with van der Waals surface area (Å²) in [6.07, 6.45) is 0.445. The highest BCUT2D eigenvalue weighted by molar-refractivity contribution is 6.38. The van der Waals surface area contributed by atoms with Crippen molar-refractivity contribution in [3.8, 4) is 0 Å². The van der Waals surface area contributed by atoms with Crippen molar-refractivity contribution in [2.24, 2.45) is 0 Å². The van der Waals surface area contributed by atoms with Crippen LogP contribution in [0.4, 0.5) is 0 Å². The number of ketones is 2. The molecule has 0 atom stereocenters. The monoisotopic (exact) mass is 248 g/mol. The lowest BCUT2D eigenvalue weighted by molar-refractivity contribution is -0.153. The predicted molar refractivity (Wildman–Crippen MR) is 66.4 cm³/mol. The molecule has 1 aromatic rings. The number of aryl methyl sites for hydroxylation is 1. The molecule has 0 heterocycles. The molecule has 4 nitrogen and oxygen atoms in total. The smallest absolute Gasteiger partial charge is 0.375 e. The van der Waals surface area contributed by atoms with E-state index in [1.807, 2.05) is 19.1 Å². The van der Waals surface area contributed by atoms with Gasteiger partial charge in [-0.3, -0.25) is 9.59 Å². The van der Waals surface area contributed by atoms with Gasteiger partial charge in [-0.05, 0) is 18.9 Å². The second-order valence-electron chi connectivity index (χ2n) is 3.79. The Morgan fingerprint density at radius 3 is 2.17 bits per heavy atom. The third kappa shape index (κ3) is 3.80. The van der Waals surface area contributed by atoms with Crippen molar-refractivity contribution in [3.05, 3.63) is 35.4 Å². The summed E-state index contributed by atoms with van der Waals surface area (Å²) in [6, 6.07) is 7.00. The van der Waals surface area contributed by atoms with Crippen molar-refractivity contribution >= 4 is 17.5 Å². The molecular formula is C14H16O4. The van der Waals surface area contributed by atoms with Crippen LogP contribution < -0.4 is 0 Å². The molecule has 4 heteroatoms. The summed E-state index contributed by atoms with van der Waals surface area (Å²) in [4.78, 5) is 34.2. The van der Waals surface area contributed by atoms with Crippen LogP contribution in [0.2, 0.25) is 0 Å². The van der Waals surface area contributed by atoms with Crippen LogP contribution in [0, 0.1) is 0 Å². The Morgan fingerprint density at radius 1 is 1.06 bits per heavy atom. The summed E-state index contributed by atoms with van der Waals surface area (Å²) in [6.45, 7) is 3.75. The first-order valence-corrected chi connectivity index (χ1v) is 5.90. The number of hydrogen-bond acceptors (Lipinski definition) is 4. The second kappa shape index (κ2) is 6.69. The molecule has 96 valence electrons. The fourth-order valence-corrected chi connectivity index (χ4v) is 1.46. The topological polar surface area (TPSA) is 60.4 Å². The van der Waals surface area contributed by atoms with Crippen LogP contribution in [0.1, 0.15) is 36.2 Å². The molecule has 0 spiro atoms. The van der Waals surface area contributed by atoms with Crippen molar-refractivity contribution in [2.45, 2.75) is 26.7 Å². The van der Waals surface area contributed by atoms with Gasteiger partial charge in [0.1, 0.15) is 0 Å². The van der Waals surface area contributed by atoms with E-state index >= 15 is 0 Å². The summed E-state index contributed by atoms with van der Waals surface area (Å²) < 4.78 is 4.54. The highest BCUT2D eigenvalue weighted by Gasteiger charge is 2.19. The van der Waals surface area contributed by atoms with Crippen LogP contribution in [-0.2, 0) is 20.7 Å².